The molecule has 36 heavy (non-hydrogen) atoms. The van der Waals surface area contributed by atoms with Crippen LogP contribution in [0.1, 0.15) is 35.8 Å². The number of nitrogens with one attached hydrogen (secondary N) is 2. The molecule has 0 unspecified atom stereocenters. The smallest absolute Gasteiger partial charge is 0.228 e. The number of benzene rings is 4. The average Bonchev–Trinajstić information content (AvgIpc) is 3.85. The van der Waals surface area contributed by atoms with E-state index in [9.17, 15) is 9.59 Å². The summed E-state index contributed by atoms with van der Waals surface area (Å²) < 4.78 is 0. The predicted molar refractivity (Wildman–Crippen MR) is 144 cm³/mol. The molecular formula is C32H28N2O2. The number of rotatable bonds is 7. The molecule has 0 aliphatic heterocycles. The first-order valence-corrected chi connectivity index (χ1v) is 12.6. The van der Waals surface area contributed by atoms with Gasteiger partial charge in [0.1, 0.15) is 0 Å². The summed E-state index contributed by atoms with van der Waals surface area (Å²) in [6.45, 7) is 0. The summed E-state index contributed by atoms with van der Waals surface area (Å²) >= 11 is 0. The van der Waals surface area contributed by atoms with Gasteiger partial charge < -0.3 is 10.6 Å². The highest BCUT2D eigenvalue weighted by molar-refractivity contribution is 5.96. The number of carbonyl (C=O) groups excluding carboxylic acids is 2. The van der Waals surface area contributed by atoms with E-state index in [1.54, 1.807) is 0 Å². The van der Waals surface area contributed by atoms with Crippen molar-refractivity contribution in [2.45, 2.75) is 24.7 Å². The second-order valence-electron chi connectivity index (χ2n) is 9.85. The van der Waals surface area contributed by atoms with E-state index in [2.05, 4.69) is 34.9 Å². The van der Waals surface area contributed by atoms with Gasteiger partial charge in [-0.1, -0.05) is 84.9 Å². The third-order valence-electron chi connectivity index (χ3n) is 7.35. The molecule has 0 saturated heterocycles. The molecule has 2 saturated carbocycles. The first-order valence-electron chi connectivity index (χ1n) is 12.6. The van der Waals surface area contributed by atoms with Gasteiger partial charge in [0.05, 0.1) is 0 Å². The Bertz CT molecular complexity index is 1260. The fraction of sp³-hybridized carbons (Fsp3) is 0.188. The summed E-state index contributed by atoms with van der Waals surface area (Å²) in [6, 6.07) is 36.3. The molecule has 4 aromatic rings. The van der Waals surface area contributed by atoms with E-state index >= 15 is 0 Å². The fourth-order valence-electron chi connectivity index (χ4n) is 5.07. The summed E-state index contributed by atoms with van der Waals surface area (Å²) in [5.74, 6) is 0.924. The standard InChI is InChI=1S/C32H28N2O2/c35-31(29-19-27(29)23-7-3-1-4-8-23)33-25-15-11-21(12-16-25)22-13-17-26(18-14-22)34-32(36)30-20-28(30)24-9-5-2-6-10-24/h1-18,27-30H,19-20H2,(H,33,35)(H,34,36)/t27-,28-,29-,30+/m1/s1. The molecule has 178 valence electrons. The van der Waals surface area contributed by atoms with Gasteiger partial charge in [0.2, 0.25) is 11.8 Å². The quantitative estimate of drug-likeness (QED) is 0.309. The van der Waals surface area contributed by atoms with Crippen LogP contribution >= 0.6 is 0 Å². The molecule has 4 aromatic carbocycles. The van der Waals surface area contributed by atoms with Crippen LogP contribution in [0.4, 0.5) is 11.4 Å². The molecule has 6 rings (SSSR count). The van der Waals surface area contributed by atoms with E-state index in [-0.39, 0.29) is 23.7 Å². The lowest BCUT2D eigenvalue weighted by Crippen LogP contribution is -2.14. The van der Waals surface area contributed by atoms with Gasteiger partial charge in [-0.3, -0.25) is 9.59 Å². The van der Waals surface area contributed by atoms with E-state index in [1.807, 2.05) is 84.9 Å². The van der Waals surface area contributed by atoms with Crippen LogP contribution in [0.25, 0.3) is 11.1 Å². The zero-order valence-corrected chi connectivity index (χ0v) is 19.9. The van der Waals surface area contributed by atoms with Crippen molar-refractivity contribution < 1.29 is 9.59 Å². The number of anilines is 2. The van der Waals surface area contributed by atoms with E-state index < -0.39 is 0 Å². The van der Waals surface area contributed by atoms with Crippen molar-refractivity contribution in [2.24, 2.45) is 11.8 Å². The summed E-state index contributed by atoms with van der Waals surface area (Å²) in [5.41, 5.74) is 6.21. The number of hydrogen-bond acceptors (Lipinski definition) is 2. The number of amides is 2. The second kappa shape index (κ2) is 9.46. The van der Waals surface area contributed by atoms with Crippen molar-refractivity contribution in [1.82, 2.24) is 0 Å². The third-order valence-corrected chi connectivity index (χ3v) is 7.35. The van der Waals surface area contributed by atoms with Crippen molar-refractivity contribution in [1.29, 1.82) is 0 Å². The molecule has 0 radical (unpaired) electrons. The zero-order chi connectivity index (χ0) is 24.5. The van der Waals surface area contributed by atoms with Crippen LogP contribution in [0.3, 0.4) is 0 Å². The Hall–Kier alpha value is -4.18. The van der Waals surface area contributed by atoms with Gasteiger partial charge in [-0.15, -0.1) is 0 Å². The Balaban J connectivity index is 1.02. The first-order chi connectivity index (χ1) is 17.7. The molecule has 2 N–H and O–H groups in total. The van der Waals surface area contributed by atoms with Crippen LogP contribution in [0, 0.1) is 11.8 Å². The Morgan fingerprint density at radius 1 is 0.500 bits per heavy atom. The molecule has 2 fully saturated rings. The minimum Gasteiger partial charge on any atom is -0.326 e. The molecular weight excluding hydrogens is 444 g/mol. The molecule has 0 aromatic heterocycles. The zero-order valence-electron chi connectivity index (χ0n) is 19.9. The first kappa shape index (κ1) is 22.3. The van der Waals surface area contributed by atoms with E-state index in [0.717, 1.165) is 35.3 Å². The molecule has 2 amide bonds. The lowest BCUT2D eigenvalue weighted by molar-refractivity contribution is -0.118. The topological polar surface area (TPSA) is 58.2 Å². The molecule has 4 nitrogen and oxygen atoms in total. The monoisotopic (exact) mass is 472 g/mol. The van der Waals surface area contributed by atoms with Gasteiger partial charge >= 0.3 is 0 Å². The molecule has 0 heterocycles. The fourth-order valence-corrected chi connectivity index (χ4v) is 5.07. The molecule has 2 aliphatic rings. The van der Waals surface area contributed by atoms with Crippen LogP contribution in [0.5, 0.6) is 0 Å². The maximum absolute atomic E-state index is 12.6. The van der Waals surface area contributed by atoms with Crippen LogP contribution in [-0.4, -0.2) is 11.8 Å². The Labute approximate surface area is 211 Å². The normalized spacial score (nSPS) is 21.9. The maximum Gasteiger partial charge on any atom is 0.228 e. The minimum atomic E-state index is 0.0495. The SMILES string of the molecule is O=C(Nc1ccc(-c2ccc(NC(=O)[C@@H]3C[C@@H]3c3ccccc3)cc2)cc1)[C@H]1C[C@@H]1c1ccccc1. The van der Waals surface area contributed by atoms with Crippen molar-refractivity contribution in [3.8, 4) is 11.1 Å². The van der Waals surface area contributed by atoms with Crippen molar-refractivity contribution in [3.05, 3.63) is 120 Å². The molecule has 0 spiro atoms. The second-order valence-corrected chi connectivity index (χ2v) is 9.85. The summed E-state index contributed by atoms with van der Waals surface area (Å²) in [4.78, 5) is 25.3. The van der Waals surface area contributed by atoms with Gasteiger partial charge in [-0.2, -0.15) is 0 Å². The van der Waals surface area contributed by atoms with Crippen molar-refractivity contribution in [2.75, 3.05) is 10.6 Å². The van der Waals surface area contributed by atoms with E-state index in [0.29, 0.717) is 11.8 Å². The number of hydrogen-bond donors (Lipinski definition) is 2. The highest BCUT2D eigenvalue weighted by Crippen LogP contribution is 2.48. The molecule has 2 aliphatic carbocycles. The average molecular weight is 473 g/mol. The van der Waals surface area contributed by atoms with Crippen LogP contribution < -0.4 is 10.6 Å². The van der Waals surface area contributed by atoms with Gasteiger partial charge in [0.15, 0.2) is 0 Å². The summed E-state index contributed by atoms with van der Waals surface area (Å²) in [5, 5.41) is 6.12. The highest BCUT2D eigenvalue weighted by atomic mass is 16.2. The van der Waals surface area contributed by atoms with Crippen molar-refractivity contribution >= 4 is 23.2 Å². The largest absolute Gasteiger partial charge is 0.326 e. The summed E-state index contributed by atoms with van der Waals surface area (Å²) in [6.07, 6.45) is 1.81. The molecule has 4 heteroatoms. The minimum absolute atomic E-state index is 0.0495. The Morgan fingerprint density at radius 2 is 0.861 bits per heavy atom. The lowest BCUT2D eigenvalue weighted by atomic mass is 10.0. The molecule has 0 bridgehead atoms. The summed E-state index contributed by atoms with van der Waals surface area (Å²) in [7, 11) is 0. The van der Waals surface area contributed by atoms with Gasteiger partial charge in [0.25, 0.3) is 0 Å². The van der Waals surface area contributed by atoms with Gasteiger partial charge in [0, 0.05) is 23.2 Å². The van der Waals surface area contributed by atoms with Crippen LogP contribution in [0.2, 0.25) is 0 Å². The predicted octanol–water partition coefficient (Wildman–Crippen LogP) is 6.84. The van der Waals surface area contributed by atoms with Gasteiger partial charge in [-0.25, -0.2) is 0 Å². The van der Waals surface area contributed by atoms with Gasteiger partial charge in [-0.05, 0) is 71.2 Å². The Kier molecular flexibility index (Phi) is 5.86. The third kappa shape index (κ3) is 4.80. The molecule has 4 atom stereocenters. The maximum atomic E-state index is 12.6. The van der Waals surface area contributed by atoms with Crippen LogP contribution in [-0.2, 0) is 9.59 Å². The van der Waals surface area contributed by atoms with E-state index in [4.69, 9.17) is 0 Å². The highest BCUT2D eigenvalue weighted by Gasteiger charge is 2.44. The van der Waals surface area contributed by atoms with Crippen molar-refractivity contribution in [3.63, 3.8) is 0 Å². The van der Waals surface area contributed by atoms with E-state index in [1.165, 1.54) is 11.1 Å². The number of carbonyl (C=O) groups is 2. The lowest BCUT2D eigenvalue weighted by Gasteiger charge is -2.09. The van der Waals surface area contributed by atoms with Crippen LogP contribution in [0.15, 0.2) is 109 Å². The Morgan fingerprint density at radius 3 is 1.22 bits per heavy atom.